The van der Waals surface area contributed by atoms with Crippen molar-refractivity contribution in [2.75, 3.05) is 25.6 Å². The summed E-state index contributed by atoms with van der Waals surface area (Å²) in [4.78, 5) is 15.2. The first-order valence-electron chi connectivity index (χ1n) is 14.2. The molecule has 0 bridgehead atoms. The minimum Gasteiger partial charge on any atom is -0.483 e. The molecule has 0 fully saturated rings. The van der Waals surface area contributed by atoms with E-state index < -0.39 is 27.2 Å². The van der Waals surface area contributed by atoms with E-state index in [0.717, 1.165) is 26.9 Å². The smallest absolute Gasteiger partial charge is 0.258 e. The van der Waals surface area contributed by atoms with Gasteiger partial charge in [-0.25, -0.2) is 8.42 Å². The number of ether oxygens (including phenoxy) is 1. The zero-order valence-corrected chi connectivity index (χ0v) is 27.7. The number of hydrogen-bond donors (Lipinski definition) is 2. The fourth-order valence-electron chi connectivity index (χ4n) is 5.05. The van der Waals surface area contributed by atoms with Crippen LogP contribution >= 0.6 is 15.9 Å². The Morgan fingerprint density at radius 1 is 0.976 bits per heavy atom. The molecule has 228 valence electrons. The number of aliphatic hydroxyl groups excluding tert-OH is 1. The second kappa shape index (κ2) is 15.0. The number of aliphatic hydroxyl groups is 1. The molecule has 2 N–H and O–H groups in total. The summed E-state index contributed by atoms with van der Waals surface area (Å²) < 4.78 is 34.4. The van der Waals surface area contributed by atoms with Gasteiger partial charge in [-0.15, -0.1) is 0 Å². The van der Waals surface area contributed by atoms with Crippen LogP contribution < -0.4 is 15.0 Å². The van der Waals surface area contributed by atoms with E-state index in [9.17, 15) is 18.3 Å². The lowest BCUT2D eigenvalue weighted by molar-refractivity contribution is -0.124. The van der Waals surface area contributed by atoms with Gasteiger partial charge in [-0.1, -0.05) is 60.1 Å². The van der Waals surface area contributed by atoms with Gasteiger partial charge >= 0.3 is 0 Å². The van der Waals surface area contributed by atoms with E-state index in [1.807, 2.05) is 89.2 Å². The van der Waals surface area contributed by atoms with Gasteiger partial charge in [0.05, 0.1) is 22.3 Å². The zero-order chi connectivity index (χ0) is 31.0. The Labute approximate surface area is 259 Å². The number of halogens is 1. The van der Waals surface area contributed by atoms with Crippen LogP contribution in [0, 0.1) is 19.8 Å². The first kappa shape index (κ1) is 33.6. The maximum atomic E-state index is 13.8. The second-order valence-corrected chi connectivity index (χ2v) is 14.6. The lowest BCUT2D eigenvalue weighted by Crippen LogP contribution is -2.48. The number of hydrogen-bond acceptors (Lipinski definition) is 6. The number of aryl methyl sites for hydroxylation is 2. The van der Waals surface area contributed by atoms with E-state index in [0.29, 0.717) is 18.6 Å². The summed E-state index contributed by atoms with van der Waals surface area (Å²) in [5.74, 6) is 0.348. The van der Waals surface area contributed by atoms with Gasteiger partial charge in [0.15, 0.2) is 16.4 Å². The molecular formula is C33H43BrN2O5S. The number of carbonyl (C=O) groups excluding carboxylic acids is 1. The topological polar surface area (TPSA) is 95.9 Å². The predicted octanol–water partition coefficient (Wildman–Crippen LogP) is 5.88. The van der Waals surface area contributed by atoms with Crippen LogP contribution in [0.25, 0.3) is 0 Å². The maximum absolute atomic E-state index is 13.8. The minimum absolute atomic E-state index is 0.0212. The van der Waals surface area contributed by atoms with Gasteiger partial charge in [-0.05, 0) is 92.1 Å². The standard InChI is InChI=1S/C33H43BrN2O5S/c1-22(2)17-29(42(39,40)28-15-13-27(14-16-28)36(5)6)20-31(37)30(19-25-11-8-12-26(34)18-25)35-32(38)21-41-33-23(3)9-7-10-24(33)4/h7-16,18,22,29-31,37H,17,19-21H2,1-6H3,(H,35,38)/t29-,30+,31-/m1/s1. The molecule has 0 saturated heterocycles. The van der Waals surface area contributed by atoms with Crippen molar-refractivity contribution in [2.45, 2.75) is 69.2 Å². The number of carbonyl (C=O) groups is 1. The highest BCUT2D eigenvalue weighted by atomic mass is 79.9. The predicted molar refractivity (Wildman–Crippen MR) is 173 cm³/mol. The van der Waals surface area contributed by atoms with E-state index in [-0.39, 0.29) is 29.7 Å². The number of sulfone groups is 1. The van der Waals surface area contributed by atoms with Crippen molar-refractivity contribution in [3.63, 3.8) is 0 Å². The lowest BCUT2D eigenvalue weighted by Gasteiger charge is -2.29. The van der Waals surface area contributed by atoms with Gasteiger partial charge in [0.25, 0.3) is 5.91 Å². The number of para-hydroxylation sites is 1. The molecule has 1 amide bonds. The molecule has 0 aliphatic rings. The molecule has 3 atom stereocenters. The highest BCUT2D eigenvalue weighted by Gasteiger charge is 2.33. The van der Waals surface area contributed by atoms with Crippen LogP contribution in [0.15, 0.2) is 76.1 Å². The highest BCUT2D eigenvalue weighted by Crippen LogP contribution is 2.28. The Balaban J connectivity index is 1.84. The van der Waals surface area contributed by atoms with E-state index in [1.165, 1.54) is 0 Å². The average molecular weight is 660 g/mol. The van der Waals surface area contributed by atoms with Crippen LogP contribution in [0.3, 0.4) is 0 Å². The van der Waals surface area contributed by atoms with Gasteiger partial charge < -0.3 is 20.1 Å². The molecule has 0 aliphatic heterocycles. The molecule has 42 heavy (non-hydrogen) atoms. The number of benzene rings is 3. The van der Waals surface area contributed by atoms with Crippen molar-refractivity contribution in [3.8, 4) is 5.75 Å². The number of nitrogens with one attached hydrogen (secondary N) is 1. The normalized spacial score (nSPS) is 13.8. The summed E-state index contributed by atoms with van der Waals surface area (Å²) in [6, 6.07) is 19.5. The van der Waals surface area contributed by atoms with Crippen LogP contribution in [0.5, 0.6) is 5.75 Å². The monoisotopic (exact) mass is 658 g/mol. The summed E-state index contributed by atoms with van der Waals surface area (Å²) in [5.41, 5.74) is 3.64. The van der Waals surface area contributed by atoms with Gasteiger partial charge in [0.2, 0.25) is 0 Å². The fourth-order valence-corrected chi connectivity index (χ4v) is 7.49. The first-order valence-corrected chi connectivity index (χ1v) is 16.5. The zero-order valence-electron chi connectivity index (χ0n) is 25.3. The van der Waals surface area contributed by atoms with Crippen molar-refractivity contribution < 1.29 is 23.1 Å². The first-order chi connectivity index (χ1) is 19.8. The Morgan fingerprint density at radius 2 is 1.60 bits per heavy atom. The molecule has 0 spiro atoms. The Bertz CT molecular complexity index is 1420. The van der Waals surface area contributed by atoms with Crippen molar-refractivity contribution in [1.82, 2.24) is 5.32 Å². The average Bonchev–Trinajstić information content (AvgIpc) is 2.92. The van der Waals surface area contributed by atoms with E-state index in [2.05, 4.69) is 21.2 Å². The molecule has 3 aromatic carbocycles. The van der Waals surface area contributed by atoms with Crippen LogP contribution in [-0.4, -0.2) is 57.5 Å². The minimum atomic E-state index is -3.75. The third-order valence-electron chi connectivity index (χ3n) is 7.27. The van der Waals surface area contributed by atoms with Gasteiger partial charge in [0.1, 0.15) is 5.75 Å². The van der Waals surface area contributed by atoms with Crippen molar-refractivity contribution in [1.29, 1.82) is 0 Å². The summed E-state index contributed by atoms with van der Waals surface area (Å²) in [6.45, 7) is 7.55. The van der Waals surface area contributed by atoms with E-state index in [4.69, 9.17) is 4.74 Å². The lowest BCUT2D eigenvalue weighted by atomic mass is 9.95. The molecule has 9 heteroatoms. The summed E-state index contributed by atoms with van der Waals surface area (Å²) >= 11 is 3.49. The Kier molecular flexibility index (Phi) is 12.0. The number of amides is 1. The second-order valence-electron chi connectivity index (χ2n) is 11.5. The Hall–Kier alpha value is -2.88. The molecular weight excluding hydrogens is 616 g/mol. The Morgan fingerprint density at radius 3 is 2.17 bits per heavy atom. The largest absolute Gasteiger partial charge is 0.483 e. The number of nitrogens with zero attached hydrogens (tertiary/aromatic N) is 1. The summed E-state index contributed by atoms with van der Waals surface area (Å²) in [5, 5.41) is 13.6. The van der Waals surface area contributed by atoms with Gasteiger partial charge in [0, 0.05) is 24.3 Å². The molecule has 0 saturated carbocycles. The molecule has 3 aromatic rings. The van der Waals surface area contributed by atoms with Crippen molar-refractivity contribution >= 4 is 37.4 Å². The maximum Gasteiger partial charge on any atom is 0.258 e. The van der Waals surface area contributed by atoms with Crippen molar-refractivity contribution in [3.05, 3.63) is 87.9 Å². The fraction of sp³-hybridized carbons (Fsp3) is 0.424. The van der Waals surface area contributed by atoms with Gasteiger partial charge in [-0.3, -0.25) is 4.79 Å². The number of anilines is 1. The van der Waals surface area contributed by atoms with E-state index >= 15 is 0 Å². The van der Waals surface area contributed by atoms with Crippen LogP contribution in [0.1, 0.15) is 43.4 Å². The molecule has 0 heterocycles. The summed E-state index contributed by atoms with van der Waals surface area (Å²) in [7, 11) is 0.0399. The van der Waals surface area contributed by atoms with Crippen LogP contribution in [0.4, 0.5) is 5.69 Å². The van der Waals surface area contributed by atoms with Gasteiger partial charge in [-0.2, -0.15) is 0 Å². The quantitative estimate of drug-likeness (QED) is 0.225. The third kappa shape index (κ3) is 9.31. The molecule has 0 aromatic heterocycles. The SMILES string of the molecule is Cc1cccc(C)c1OCC(=O)N[C@@H](Cc1cccc(Br)c1)[C@H](O)C[C@@H](CC(C)C)S(=O)(=O)c1ccc(N(C)C)cc1. The van der Waals surface area contributed by atoms with Crippen LogP contribution in [0.2, 0.25) is 0 Å². The third-order valence-corrected chi connectivity index (χ3v) is 9.96. The van der Waals surface area contributed by atoms with Crippen molar-refractivity contribution in [2.24, 2.45) is 5.92 Å². The highest BCUT2D eigenvalue weighted by molar-refractivity contribution is 9.10. The number of rotatable bonds is 14. The molecule has 7 nitrogen and oxygen atoms in total. The van der Waals surface area contributed by atoms with E-state index in [1.54, 1.807) is 24.3 Å². The molecule has 0 unspecified atom stereocenters. The summed E-state index contributed by atoms with van der Waals surface area (Å²) in [6.07, 6.45) is -0.441. The molecule has 3 rings (SSSR count). The van der Waals surface area contributed by atoms with Crippen LogP contribution in [-0.2, 0) is 21.1 Å². The molecule has 0 radical (unpaired) electrons. The molecule has 0 aliphatic carbocycles.